The Kier molecular flexibility index (Phi) is 9.94. The van der Waals surface area contributed by atoms with Crippen molar-refractivity contribution in [3.05, 3.63) is 35.5 Å². The van der Waals surface area contributed by atoms with Crippen LogP contribution >= 0.6 is 0 Å². The van der Waals surface area contributed by atoms with Crippen LogP contribution in [-0.2, 0) is 14.3 Å². The van der Waals surface area contributed by atoms with Crippen molar-refractivity contribution in [2.24, 2.45) is 5.92 Å². The molecule has 1 N–H and O–H groups in total. The zero-order valence-electron chi connectivity index (χ0n) is 13.7. The van der Waals surface area contributed by atoms with Crippen molar-refractivity contribution in [3.8, 4) is 0 Å². The number of hydrogen-bond donors (Lipinski definition) is 1. The maximum Gasteiger partial charge on any atom is 0.334 e. The molecule has 0 rings (SSSR count). The van der Waals surface area contributed by atoms with Gasteiger partial charge < -0.3 is 10.1 Å². The Hall–Kier alpha value is -1.84. The average molecular weight is 293 g/mol. The van der Waals surface area contributed by atoms with Gasteiger partial charge in [0.1, 0.15) is 6.61 Å². The van der Waals surface area contributed by atoms with Crippen LogP contribution in [0.3, 0.4) is 0 Å². The van der Waals surface area contributed by atoms with E-state index < -0.39 is 5.97 Å². The van der Waals surface area contributed by atoms with Gasteiger partial charge in [-0.2, -0.15) is 0 Å². The monoisotopic (exact) mass is 293 g/mol. The van der Waals surface area contributed by atoms with Gasteiger partial charge in [0.25, 0.3) is 0 Å². The van der Waals surface area contributed by atoms with Crippen LogP contribution in [0.4, 0.5) is 0 Å². The molecule has 0 saturated heterocycles. The normalized spacial score (nSPS) is 12.9. The molecule has 0 radical (unpaired) electrons. The third kappa shape index (κ3) is 8.84. The van der Waals surface area contributed by atoms with Crippen LogP contribution in [0.15, 0.2) is 35.5 Å². The van der Waals surface area contributed by atoms with E-state index in [2.05, 4.69) is 5.32 Å². The van der Waals surface area contributed by atoms with Crippen LogP contribution in [0.25, 0.3) is 0 Å². The lowest BCUT2D eigenvalue weighted by Crippen LogP contribution is -2.25. The van der Waals surface area contributed by atoms with E-state index in [9.17, 15) is 9.59 Å². The lowest BCUT2D eigenvalue weighted by molar-refractivity contribution is -0.139. The number of rotatable bonds is 8. The zero-order chi connectivity index (χ0) is 16.3. The van der Waals surface area contributed by atoms with E-state index in [1.54, 1.807) is 6.08 Å². The Morgan fingerprint density at radius 1 is 1.24 bits per heavy atom. The minimum Gasteiger partial charge on any atom is -0.457 e. The second kappa shape index (κ2) is 10.9. The number of esters is 1. The van der Waals surface area contributed by atoms with Gasteiger partial charge in [-0.25, -0.2) is 4.79 Å². The number of carbonyl (C=O) groups is 2. The molecule has 0 aromatic carbocycles. The Morgan fingerprint density at radius 2 is 1.90 bits per heavy atom. The van der Waals surface area contributed by atoms with Gasteiger partial charge in [0.15, 0.2) is 0 Å². The Bertz CT molecular complexity index is 431. The van der Waals surface area contributed by atoms with E-state index in [4.69, 9.17) is 4.74 Å². The SMILES string of the molecule is CC=CC(=CC)COC(=O)C(=CC(C)C)CC(=O)NCC. The summed E-state index contributed by atoms with van der Waals surface area (Å²) in [6.45, 7) is 10.3. The van der Waals surface area contributed by atoms with Gasteiger partial charge in [0.2, 0.25) is 5.91 Å². The molecule has 0 fully saturated rings. The molecular formula is C17H27NO3. The highest BCUT2D eigenvalue weighted by Crippen LogP contribution is 2.10. The summed E-state index contributed by atoms with van der Waals surface area (Å²) in [6, 6.07) is 0. The lowest BCUT2D eigenvalue weighted by atomic mass is 10.1. The van der Waals surface area contributed by atoms with Crippen molar-refractivity contribution >= 4 is 11.9 Å². The molecule has 0 spiro atoms. The molecule has 21 heavy (non-hydrogen) atoms. The van der Waals surface area contributed by atoms with Crippen LogP contribution in [0, 0.1) is 5.92 Å². The van der Waals surface area contributed by atoms with Crippen LogP contribution in [0.1, 0.15) is 41.0 Å². The van der Waals surface area contributed by atoms with Gasteiger partial charge in [-0.1, -0.05) is 38.2 Å². The molecule has 0 unspecified atom stereocenters. The second-order valence-corrected chi connectivity index (χ2v) is 5.01. The van der Waals surface area contributed by atoms with Crippen molar-refractivity contribution in [1.29, 1.82) is 0 Å². The van der Waals surface area contributed by atoms with E-state index in [-0.39, 0.29) is 24.9 Å². The van der Waals surface area contributed by atoms with Gasteiger partial charge in [0.05, 0.1) is 6.42 Å². The summed E-state index contributed by atoms with van der Waals surface area (Å²) in [4.78, 5) is 23.8. The highest BCUT2D eigenvalue weighted by Gasteiger charge is 2.15. The molecule has 4 nitrogen and oxygen atoms in total. The van der Waals surface area contributed by atoms with Gasteiger partial charge in [-0.15, -0.1) is 0 Å². The van der Waals surface area contributed by atoms with Crippen LogP contribution in [0.5, 0.6) is 0 Å². The van der Waals surface area contributed by atoms with E-state index in [1.807, 2.05) is 52.8 Å². The fourth-order valence-corrected chi connectivity index (χ4v) is 1.72. The van der Waals surface area contributed by atoms with E-state index in [0.717, 1.165) is 5.57 Å². The van der Waals surface area contributed by atoms with Crippen molar-refractivity contribution in [3.63, 3.8) is 0 Å². The first-order chi connectivity index (χ1) is 9.94. The highest BCUT2D eigenvalue weighted by molar-refractivity contribution is 5.95. The highest BCUT2D eigenvalue weighted by atomic mass is 16.5. The number of hydrogen-bond acceptors (Lipinski definition) is 3. The Labute approximate surface area is 127 Å². The summed E-state index contributed by atoms with van der Waals surface area (Å²) in [5.41, 5.74) is 1.33. The van der Waals surface area contributed by atoms with Gasteiger partial charge in [-0.05, 0) is 32.3 Å². The minimum atomic E-state index is -0.432. The van der Waals surface area contributed by atoms with Crippen molar-refractivity contribution in [1.82, 2.24) is 5.32 Å². The van der Waals surface area contributed by atoms with E-state index in [0.29, 0.717) is 12.1 Å². The van der Waals surface area contributed by atoms with Gasteiger partial charge in [-0.3, -0.25) is 4.79 Å². The first-order valence-corrected chi connectivity index (χ1v) is 7.36. The van der Waals surface area contributed by atoms with Crippen LogP contribution in [-0.4, -0.2) is 25.0 Å². The molecular weight excluding hydrogens is 266 g/mol. The fraction of sp³-hybridized carbons (Fsp3) is 0.529. The third-order valence-corrected chi connectivity index (χ3v) is 2.64. The van der Waals surface area contributed by atoms with Crippen molar-refractivity contribution in [2.75, 3.05) is 13.2 Å². The standard InChI is InChI=1S/C17H27NO3/c1-6-9-14(7-2)12-21-17(20)15(10-13(4)5)11-16(19)18-8-3/h6-7,9-10,13H,8,11-12H2,1-5H3,(H,18,19). The molecule has 0 heterocycles. The van der Waals surface area contributed by atoms with E-state index in [1.165, 1.54) is 0 Å². The number of ether oxygens (including phenoxy) is 1. The predicted octanol–water partition coefficient (Wildman–Crippen LogP) is 3.16. The first-order valence-electron chi connectivity index (χ1n) is 7.36. The largest absolute Gasteiger partial charge is 0.457 e. The zero-order valence-corrected chi connectivity index (χ0v) is 13.7. The summed E-state index contributed by atoms with van der Waals surface area (Å²) < 4.78 is 5.28. The summed E-state index contributed by atoms with van der Waals surface area (Å²) >= 11 is 0. The summed E-state index contributed by atoms with van der Waals surface area (Å²) in [5.74, 6) is -0.418. The third-order valence-electron chi connectivity index (χ3n) is 2.64. The molecule has 0 atom stereocenters. The summed E-state index contributed by atoms with van der Waals surface area (Å²) in [5, 5.41) is 2.69. The Morgan fingerprint density at radius 3 is 2.38 bits per heavy atom. The smallest absolute Gasteiger partial charge is 0.334 e. The molecule has 4 heteroatoms. The number of allylic oxidation sites excluding steroid dienone is 3. The molecule has 118 valence electrons. The molecule has 0 aromatic rings. The second-order valence-electron chi connectivity index (χ2n) is 5.01. The average Bonchev–Trinajstić information content (AvgIpc) is 2.42. The molecule has 0 aliphatic carbocycles. The maximum atomic E-state index is 12.1. The van der Waals surface area contributed by atoms with E-state index >= 15 is 0 Å². The Balaban J connectivity index is 4.78. The number of amides is 1. The van der Waals surface area contributed by atoms with Gasteiger partial charge >= 0.3 is 5.97 Å². The van der Waals surface area contributed by atoms with Crippen molar-refractivity contribution in [2.45, 2.75) is 41.0 Å². The summed E-state index contributed by atoms with van der Waals surface area (Å²) in [6.07, 6.45) is 7.51. The molecule has 0 aliphatic rings. The molecule has 1 amide bonds. The maximum absolute atomic E-state index is 12.1. The molecule has 0 aromatic heterocycles. The fourth-order valence-electron chi connectivity index (χ4n) is 1.72. The first kappa shape index (κ1) is 19.2. The minimum absolute atomic E-state index is 0.0552. The molecule has 0 saturated carbocycles. The van der Waals surface area contributed by atoms with Crippen LogP contribution in [0.2, 0.25) is 0 Å². The molecule has 0 bridgehead atoms. The lowest BCUT2D eigenvalue weighted by Gasteiger charge is -2.10. The van der Waals surface area contributed by atoms with Crippen LogP contribution < -0.4 is 5.32 Å². The van der Waals surface area contributed by atoms with Gasteiger partial charge in [0, 0.05) is 12.1 Å². The summed E-state index contributed by atoms with van der Waals surface area (Å²) in [7, 11) is 0. The predicted molar refractivity (Wildman–Crippen MR) is 85.8 cm³/mol. The number of nitrogens with one attached hydrogen (secondary N) is 1. The topological polar surface area (TPSA) is 55.4 Å². The quantitative estimate of drug-likeness (QED) is 0.425. The number of carbonyl (C=O) groups excluding carboxylic acids is 2. The van der Waals surface area contributed by atoms with Crippen molar-refractivity contribution < 1.29 is 14.3 Å². The molecule has 0 aliphatic heterocycles.